The van der Waals surface area contributed by atoms with Crippen LogP contribution in [0.4, 0.5) is 26.3 Å². The first-order valence-electron chi connectivity index (χ1n) is 9.12. The van der Waals surface area contributed by atoms with Crippen molar-refractivity contribution in [3.8, 4) is 0 Å². The molecule has 6 heteroatoms. The average molecular weight is 408 g/mol. The standard InChI is InChI=1S/2C9H9F3.2C2H6/c1-6-3-4-7(2)8(5-6)9(10,11)12;1-6-4-3-5-8(7(6)2)9(10,11)12;2*1-2/h2*3-5H,1-2H3;2*1-2H3. The molecule has 0 N–H and O–H groups in total. The largest absolute Gasteiger partial charge is 0.416 e. The molecule has 0 heterocycles. The normalized spacial score (nSPS) is 10.5. The van der Waals surface area contributed by atoms with Crippen LogP contribution in [-0.2, 0) is 12.4 Å². The molecule has 0 radical (unpaired) electrons. The molecule has 0 unspecified atom stereocenters. The molecule has 0 aliphatic carbocycles. The lowest BCUT2D eigenvalue weighted by atomic mass is 10.0. The Morgan fingerprint density at radius 3 is 1.39 bits per heavy atom. The fourth-order valence-electron chi connectivity index (χ4n) is 2.10. The van der Waals surface area contributed by atoms with Crippen molar-refractivity contribution in [3.63, 3.8) is 0 Å². The van der Waals surface area contributed by atoms with Gasteiger partial charge in [-0.2, -0.15) is 26.3 Å². The van der Waals surface area contributed by atoms with E-state index in [2.05, 4.69) is 0 Å². The van der Waals surface area contributed by atoms with Gasteiger partial charge in [0.25, 0.3) is 0 Å². The number of alkyl halides is 6. The highest BCUT2D eigenvalue weighted by atomic mass is 19.4. The van der Waals surface area contributed by atoms with Gasteiger partial charge in [0.1, 0.15) is 0 Å². The minimum atomic E-state index is -4.23. The zero-order valence-electron chi connectivity index (χ0n) is 17.7. The van der Waals surface area contributed by atoms with Gasteiger partial charge in [-0.05, 0) is 56.5 Å². The predicted molar refractivity (Wildman–Crippen MR) is 105 cm³/mol. The molecule has 0 bridgehead atoms. The van der Waals surface area contributed by atoms with Gasteiger partial charge in [-0.25, -0.2) is 0 Å². The lowest BCUT2D eigenvalue weighted by Crippen LogP contribution is -2.07. The van der Waals surface area contributed by atoms with Crippen molar-refractivity contribution in [1.82, 2.24) is 0 Å². The van der Waals surface area contributed by atoms with Gasteiger partial charge in [0.05, 0.1) is 11.1 Å². The molecule has 0 amide bonds. The van der Waals surface area contributed by atoms with E-state index >= 15 is 0 Å². The summed E-state index contributed by atoms with van der Waals surface area (Å²) in [5.41, 5.74) is 0.806. The van der Waals surface area contributed by atoms with Crippen molar-refractivity contribution >= 4 is 0 Å². The Labute approximate surface area is 164 Å². The topological polar surface area (TPSA) is 0 Å². The molecule has 0 spiro atoms. The number of hydrogen-bond acceptors (Lipinski definition) is 0. The molecule has 2 aromatic rings. The van der Waals surface area contributed by atoms with Gasteiger partial charge in [-0.15, -0.1) is 0 Å². The zero-order valence-corrected chi connectivity index (χ0v) is 17.7. The first kappa shape index (κ1) is 28.2. The monoisotopic (exact) mass is 408 g/mol. The van der Waals surface area contributed by atoms with Crippen molar-refractivity contribution in [2.24, 2.45) is 0 Å². The quantitative estimate of drug-likeness (QED) is 0.382. The smallest absolute Gasteiger partial charge is 0.166 e. The van der Waals surface area contributed by atoms with Gasteiger partial charge in [0.2, 0.25) is 0 Å². The van der Waals surface area contributed by atoms with E-state index in [9.17, 15) is 26.3 Å². The van der Waals surface area contributed by atoms with Gasteiger partial charge >= 0.3 is 12.4 Å². The van der Waals surface area contributed by atoms with Crippen LogP contribution in [0.1, 0.15) is 61.1 Å². The second-order valence-electron chi connectivity index (χ2n) is 5.56. The van der Waals surface area contributed by atoms with Crippen LogP contribution >= 0.6 is 0 Å². The lowest BCUT2D eigenvalue weighted by molar-refractivity contribution is -0.138. The molecule has 0 atom stereocenters. The predicted octanol–water partition coefficient (Wildman–Crippen LogP) is 8.70. The molecule has 0 fully saturated rings. The minimum absolute atomic E-state index is 0.271. The first-order valence-corrected chi connectivity index (χ1v) is 9.12. The van der Waals surface area contributed by atoms with Crippen LogP contribution in [0.5, 0.6) is 0 Å². The van der Waals surface area contributed by atoms with E-state index < -0.39 is 23.5 Å². The van der Waals surface area contributed by atoms with Crippen molar-refractivity contribution < 1.29 is 26.3 Å². The van der Waals surface area contributed by atoms with Gasteiger partial charge in [0.15, 0.2) is 0 Å². The highest BCUT2D eigenvalue weighted by molar-refractivity contribution is 5.35. The summed E-state index contributed by atoms with van der Waals surface area (Å²) in [5.74, 6) is 0. The molecule has 0 saturated carbocycles. The molecule has 0 aliphatic rings. The van der Waals surface area contributed by atoms with Crippen LogP contribution in [0.2, 0.25) is 0 Å². The summed E-state index contributed by atoms with van der Waals surface area (Å²) in [5, 5.41) is 0. The summed E-state index contributed by atoms with van der Waals surface area (Å²) in [6, 6.07) is 8.51. The Kier molecular flexibility index (Phi) is 12.6. The molecule has 160 valence electrons. The number of benzene rings is 2. The highest BCUT2D eigenvalue weighted by Gasteiger charge is 2.32. The SMILES string of the molecule is CC.CC.Cc1ccc(C)c(C(F)(F)F)c1.Cc1cccc(C(F)(F)F)c1C. The number of halogens is 6. The molecule has 0 aliphatic heterocycles. The maximum atomic E-state index is 12.2. The molecule has 0 saturated heterocycles. The van der Waals surface area contributed by atoms with Gasteiger partial charge in [-0.3, -0.25) is 0 Å². The van der Waals surface area contributed by atoms with E-state index in [1.165, 1.54) is 26.0 Å². The second-order valence-corrected chi connectivity index (χ2v) is 5.56. The number of rotatable bonds is 0. The van der Waals surface area contributed by atoms with Gasteiger partial charge in [-0.1, -0.05) is 57.5 Å². The lowest BCUT2D eigenvalue weighted by Gasteiger charge is -2.11. The van der Waals surface area contributed by atoms with Crippen LogP contribution < -0.4 is 0 Å². The molecule has 2 aromatic carbocycles. The maximum absolute atomic E-state index is 12.2. The number of aryl methyl sites for hydroxylation is 3. The fourth-order valence-corrected chi connectivity index (χ4v) is 2.10. The van der Waals surface area contributed by atoms with E-state index in [1.54, 1.807) is 26.0 Å². The summed E-state index contributed by atoms with van der Waals surface area (Å²) in [6.45, 7) is 14.3. The van der Waals surface area contributed by atoms with Crippen LogP contribution in [-0.4, -0.2) is 0 Å². The molecular weight excluding hydrogens is 378 g/mol. The zero-order chi connectivity index (χ0) is 22.7. The fraction of sp³-hybridized carbons (Fsp3) is 0.455. The van der Waals surface area contributed by atoms with Crippen molar-refractivity contribution in [1.29, 1.82) is 0 Å². The molecule has 0 nitrogen and oxygen atoms in total. The van der Waals surface area contributed by atoms with Gasteiger partial charge in [0, 0.05) is 0 Å². The Morgan fingerprint density at radius 2 is 1.04 bits per heavy atom. The van der Waals surface area contributed by atoms with Crippen LogP contribution in [0, 0.1) is 27.7 Å². The first-order chi connectivity index (χ1) is 12.8. The third-order valence-corrected chi connectivity index (χ3v) is 3.61. The van der Waals surface area contributed by atoms with E-state index in [0.717, 1.165) is 12.1 Å². The van der Waals surface area contributed by atoms with Gasteiger partial charge < -0.3 is 0 Å². The van der Waals surface area contributed by atoms with E-state index in [-0.39, 0.29) is 5.56 Å². The van der Waals surface area contributed by atoms with Crippen molar-refractivity contribution in [2.45, 2.75) is 67.7 Å². The average Bonchev–Trinajstić information content (AvgIpc) is 2.61. The summed E-state index contributed by atoms with van der Waals surface area (Å²) in [4.78, 5) is 0. The molecule has 28 heavy (non-hydrogen) atoms. The summed E-state index contributed by atoms with van der Waals surface area (Å²) in [7, 11) is 0. The van der Waals surface area contributed by atoms with Crippen LogP contribution in [0.15, 0.2) is 36.4 Å². The highest BCUT2D eigenvalue weighted by Crippen LogP contribution is 2.33. The van der Waals surface area contributed by atoms with E-state index in [4.69, 9.17) is 0 Å². The van der Waals surface area contributed by atoms with Crippen molar-refractivity contribution in [2.75, 3.05) is 0 Å². The Morgan fingerprint density at radius 1 is 0.571 bits per heavy atom. The van der Waals surface area contributed by atoms with Crippen LogP contribution in [0.3, 0.4) is 0 Å². The molecule has 0 aromatic heterocycles. The maximum Gasteiger partial charge on any atom is 0.416 e. The van der Waals surface area contributed by atoms with Crippen LogP contribution in [0.25, 0.3) is 0 Å². The Balaban J connectivity index is 0. The second kappa shape index (κ2) is 12.5. The Bertz CT molecular complexity index is 685. The molecule has 2 rings (SSSR count). The summed E-state index contributed by atoms with van der Waals surface area (Å²) >= 11 is 0. The third-order valence-electron chi connectivity index (χ3n) is 3.61. The minimum Gasteiger partial charge on any atom is -0.166 e. The van der Waals surface area contributed by atoms with Crippen molar-refractivity contribution in [3.05, 3.63) is 69.8 Å². The number of hydrogen-bond donors (Lipinski definition) is 0. The Hall–Kier alpha value is -1.98. The van der Waals surface area contributed by atoms with E-state index in [0.29, 0.717) is 16.7 Å². The molecular formula is C22H30F6. The summed E-state index contributed by atoms with van der Waals surface area (Å²) < 4.78 is 73.4. The van der Waals surface area contributed by atoms with E-state index in [1.807, 2.05) is 27.7 Å². The summed E-state index contributed by atoms with van der Waals surface area (Å²) in [6.07, 6.45) is -8.45. The third kappa shape index (κ3) is 9.29.